The summed E-state index contributed by atoms with van der Waals surface area (Å²) in [4.78, 5) is 0. The maximum atomic E-state index is 2.60. The fraction of sp³-hybridized carbons (Fsp3) is 1.00. The molecule has 4 saturated carbocycles. The van der Waals surface area contributed by atoms with E-state index in [0.29, 0.717) is 5.41 Å². The van der Waals surface area contributed by atoms with Crippen molar-refractivity contribution in [1.82, 2.24) is 0 Å². The first-order chi connectivity index (χ1) is 8.44. The fourth-order valence-corrected chi connectivity index (χ4v) is 6.17. The molecule has 4 bridgehead atoms. The topological polar surface area (TPSA) is 0 Å². The Morgan fingerprint density at radius 1 is 1.00 bits per heavy atom. The molecule has 1 unspecified atom stereocenters. The molecule has 0 heteroatoms. The molecule has 0 saturated heterocycles. The van der Waals surface area contributed by atoms with Crippen LogP contribution in [0.4, 0.5) is 0 Å². The van der Waals surface area contributed by atoms with Gasteiger partial charge in [-0.05, 0) is 79.4 Å². The minimum absolute atomic E-state index is 0.582. The number of rotatable bonds is 4. The van der Waals surface area contributed by atoms with Gasteiger partial charge >= 0.3 is 0 Å². The molecule has 18 heavy (non-hydrogen) atoms. The van der Waals surface area contributed by atoms with Gasteiger partial charge in [-0.3, -0.25) is 0 Å². The van der Waals surface area contributed by atoms with Crippen molar-refractivity contribution in [2.24, 2.45) is 34.5 Å². The summed E-state index contributed by atoms with van der Waals surface area (Å²) >= 11 is 0. The minimum Gasteiger partial charge on any atom is -0.0651 e. The Labute approximate surface area is 114 Å². The largest absolute Gasteiger partial charge is 0.0651 e. The predicted molar refractivity (Wildman–Crippen MR) is 78.5 cm³/mol. The van der Waals surface area contributed by atoms with E-state index in [1.165, 1.54) is 12.8 Å². The first-order valence-corrected chi connectivity index (χ1v) is 8.44. The van der Waals surface area contributed by atoms with Crippen LogP contribution < -0.4 is 0 Å². The minimum atomic E-state index is 0.582. The van der Waals surface area contributed by atoms with Gasteiger partial charge in [0.2, 0.25) is 0 Å². The van der Waals surface area contributed by atoms with E-state index < -0.39 is 0 Å². The SMILES string of the molecule is CCC(C)CC(C)(C)C12CC3CC(CC(C3)C1)C2. The molecule has 104 valence electrons. The molecule has 1 atom stereocenters. The number of hydrogen-bond acceptors (Lipinski definition) is 0. The van der Waals surface area contributed by atoms with Crippen molar-refractivity contribution in [3.63, 3.8) is 0 Å². The quantitative estimate of drug-likeness (QED) is 0.601. The molecule has 0 aromatic carbocycles. The van der Waals surface area contributed by atoms with Gasteiger partial charge in [0.1, 0.15) is 0 Å². The molecule has 4 rings (SSSR count). The van der Waals surface area contributed by atoms with E-state index in [2.05, 4.69) is 27.7 Å². The van der Waals surface area contributed by atoms with Gasteiger partial charge < -0.3 is 0 Å². The second-order valence-electron chi connectivity index (χ2n) is 8.80. The lowest BCUT2D eigenvalue weighted by Crippen LogP contribution is -2.53. The average molecular weight is 248 g/mol. The van der Waals surface area contributed by atoms with Crippen LogP contribution in [0.25, 0.3) is 0 Å². The van der Waals surface area contributed by atoms with Crippen LogP contribution in [0.5, 0.6) is 0 Å². The van der Waals surface area contributed by atoms with Crippen LogP contribution in [0.2, 0.25) is 0 Å². The normalized spacial score (nSPS) is 44.3. The molecular weight excluding hydrogens is 216 g/mol. The average Bonchev–Trinajstić information content (AvgIpc) is 2.26. The zero-order valence-electron chi connectivity index (χ0n) is 13.0. The lowest BCUT2D eigenvalue weighted by atomic mass is 9.42. The van der Waals surface area contributed by atoms with Crippen LogP contribution in [-0.2, 0) is 0 Å². The molecule has 4 fully saturated rings. The molecule has 4 aliphatic rings. The van der Waals surface area contributed by atoms with Crippen LogP contribution in [0.15, 0.2) is 0 Å². The van der Waals surface area contributed by atoms with E-state index in [1.807, 2.05) is 0 Å². The van der Waals surface area contributed by atoms with E-state index in [9.17, 15) is 0 Å². The lowest BCUT2D eigenvalue weighted by molar-refractivity contribution is -0.126. The Bertz CT molecular complexity index is 277. The summed E-state index contributed by atoms with van der Waals surface area (Å²) in [5.41, 5.74) is 1.31. The van der Waals surface area contributed by atoms with E-state index in [-0.39, 0.29) is 0 Å². The molecule has 0 N–H and O–H groups in total. The van der Waals surface area contributed by atoms with E-state index in [1.54, 1.807) is 38.5 Å². The van der Waals surface area contributed by atoms with E-state index in [0.717, 1.165) is 29.1 Å². The second-order valence-corrected chi connectivity index (χ2v) is 8.80. The summed E-state index contributed by atoms with van der Waals surface area (Å²) in [5.74, 6) is 4.22. The van der Waals surface area contributed by atoms with Crippen LogP contribution >= 0.6 is 0 Å². The van der Waals surface area contributed by atoms with Crippen molar-refractivity contribution in [2.75, 3.05) is 0 Å². The van der Waals surface area contributed by atoms with Gasteiger partial charge in [0, 0.05) is 0 Å². The number of hydrogen-bond donors (Lipinski definition) is 0. The monoisotopic (exact) mass is 248 g/mol. The highest BCUT2D eigenvalue weighted by Crippen LogP contribution is 2.67. The summed E-state index contributed by atoms with van der Waals surface area (Å²) < 4.78 is 0. The first kappa shape index (κ1) is 13.0. The second kappa shape index (κ2) is 4.25. The Kier molecular flexibility index (Phi) is 3.07. The maximum absolute atomic E-state index is 2.60. The van der Waals surface area contributed by atoms with Gasteiger partial charge in [-0.25, -0.2) is 0 Å². The summed E-state index contributed by atoms with van der Waals surface area (Å²) in [6.07, 6.45) is 12.3. The van der Waals surface area contributed by atoms with Crippen LogP contribution in [-0.4, -0.2) is 0 Å². The zero-order valence-corrected chi connectivity index (χ0v) is 13.0. The molecule has 0 aliphatic heterocycles. The van der Waals surface area contributed by atoms with Gasteiger partial charge in [-0.15, -0.1) is 0 Å². The molecule has 4 aliphatic carbocycles. The molecule has 0 amide bonds. The van der Waals surface area contributed by atoms with E-state index in [4.69, 9.17) is 0 Å². The van der Waals surface area contributed by atoms with Gasteiger partial charge in [0.05, 0.1) is 0 Å². The van der Waals surface area contributed by atoms with Crippen molar-refractivity contribution >= 4 is 0 Å². The third-order valence-corrected chi connectivity index (χ3v) is 7.03. The predicted octanol–water partition coefficient (Wildman–Crippen LogP) is 5.67. The molecular formula is C18H32. The van der Waals surface area contributed by atoms with Crippen molar-refractivity contribution in [3.8, 4) is 0 Å². The van der Waals surface area contributed by atoms with Crippen molar-refractivity contribution < 1.29 is 0 Å². The van der Waals surface area contributed by atoms with Crippen LogP contribution in [0, 0.1) is 34.5 Å². The fourth-order valence-electron chi connectivity index (χ4n) is 6.17. The Morgan fingerprint density at radius 3 is 1.83 bits per heavy atom. The Morgan fingerprint density at radius 2 is 1.44 bits per heavy atom. The molecule has 0 aromatic rings. The van der Waals surface area contributed by atoms with Crippen molar-refractivity contribution in [1.29, 1.82) is 0 Å². The van der Waals surface area contributed by atoms with E-state index >= 15 is 0 Å². The summed E-state index contributed by atoms with van der Waals surface area (Å²) in [5, 5.41) is 0. The molecule has 0 spiro atoms. The van der Waals surface area contributed by atoms with Gasteiger partial charge in [0.15, 0.2) is 0 Å². The third kappa shape index (κ3) is 1.95. The highest BCUT2D eigenvalue weighted by Gasteiger charge is 2.56. The summed E-state index contributed by atoms with van der Waals surface area (Å²) in [6.45, 7) is 10.0. The molecule has 0 aromatic heterocycles. The van der Waals surface area contributed by atoms with Crippen molar-refractivity contribution in [2.45, 2.75) is 79.1 Å². The highest BCUT2D eigenvalue weighted by atomic mass is 14.6. The maximum Gasteiger partial charge on any atom is -0.0238 e. The first-order valence-electron chi connectivity index (χ1n) is 8.44. The zero-order chi connectivity index (χ0) is 13.0. The van der Waals surface area contributed by atoms with Crippen molar-refractivity contribution in [3.05, 3.63) is 0 Å². The molecule has 0 heterocycles. The van der Waals surface area contributed by atoms with Crippen LogP contribution in [0.1, 0.15) is 79.1 Å². The third-order valence-electron chi connectivity index (χ3n) is 7.03. The summed E-state index contributed by atoms with van der Waals surface area (Å²) in [7, 11) is 0. The summed E-state index contributed by atoms with van der Waals surface area (Å²) in [6, 6.07) is 0. The smallest absolute Gasteiger partial charge is 0.0238 e. The molecule has 0 radical (unpaired) electrons. The van der Waals surface area contributed by atoms with Gasteiger partial charge in [-0.1, -0.05) is 34.1 Å². The standard InChI is InChI=1S/C18H32/c1-5-13(2)9-17(3,4)18-10-14-6-15(11-18)8-16(7-14)12-18/h13-16H,5-12H2,1-4H3. The lowest BCUT2D eigenvalue weighted by Gasteiger charge is -2.63. The van der Waals surface area contributed by atoms with Gasteiger partial charge in [0.25, 0.3) is 0 Å². The molecule has 0 nitrogen and oxygen atoms in total. The highest BCUT2D eigenvalue weighted by molar-refractivity contribution is 5.06. The Hall–Kier alpha value is 0. The van der Waals surface area contributed by atoms with Gasteiger partial charge in [-0.2, -0.15) is 0 Å². The Balaban J connectivity index is 1.81. The van der Waals surface area contributed by atoms with Crippen LogP contribution in [0.3, 0.4) is 0 Å².